The van der Waals surface area contributed by atoms with Gasteiger partial charge in [-0.25, -0.2) is 0 Å². The summed E-state index contributed by atoms with van der Waals surface area (Å²) < 4.78 is 26.7. The minimum atomic E-state index is -1.01. The number of hydrogen-bond donors (Lipinski definition) is 2. The molecule has 7 nitrogen and oxygen atoms in total. The summed E-state index contributed by atoms with van der Waals surface area (Å²) in [5, 5.41) is 23.8. The highest BCUT2D eigenvalue weighted by Crippen LogP contribution is 2.89. The van der Waals surface area contributed by atoms with Crippen molar-refractivity contribution in [1.29, 1.82) is 0 Å². The molecular formula is C51H95NO6. The maximum atomic E-state index is 12.7. The standard InChI is InChI=1S/C45H77NO6.3C2H6/c1-10-49-39(41(6,7)48)31-25-28(2)36-37(51-31)38(47)43(9)33-18-17-32-40(4,5)34(19-20-44(32)27-45(33,44)22-21-42(36,43)8)52-35-26-46(23-24-50-35)29(3)30-15-13-11-12-14-16-30;3*1-2/h28-39,47-48H,10-27H2,1-9H3;3*1-2H3. The fourth-order valence-corrected chi connectivity index (χ4v) is 16.1. The Morgan fingerprint density at radius 3 is 2.09 bits per heavy atom. The Morgan fingerprint density at radius 1 is 0.845 bits per heavy atom. The molecule has 2 saturated heterocycles. The van der Waals surface area contributed by atoms with Crippen LogP contribution in [0.25, 0.3) is 0 Å². The molecule has 0 aromatic rings. The van der Waals surface area contributed by atoms with Crippen LogP contribution in [0, 0.1) is 56.7 Å². The summed E-state index contributed by atoms with van der Waals surface area (Å²) in [7, 11) is 0. The van der Waals surface area contributed by atoms with E-state index in [0.29, 0.717) is 47.2 Å². The summed E-state index contributed by atoms with van der Waals surface area (Å²) in [6.45, 7) is 35.9. The van der Waals surface area contributed by atoms with Crippen molar-refractivity contribution in [1.82, 2.24) is 4.90 Å². The van der Waals surface area contributed by atoms with Gasteiger partial charge in [-0.1, -0.05) is 102 Å². The molecule has 8 rings (SSSR count). The zero-order valence-electron chi connectivity index (χ0n) is 40.6. The molecule has 15 unspecified atom stereocenters. The van der Waals surface area contributed by atoms with Crippen molar-refractivity contribution in [2.75, 3.05) is 26.3 Å². The van der Waals surface area contributed by atoms with Crippen LogP contribution in [0.15, 0.2) is 0 Å². The number of nitrogens with zero attached hydrogens (tertiary/aromatic N) is 1. The van der Waals surface area contributed by atoms with E-state index in [4.69, 9.17) is 18.9 Å². The van der Waals surface area contributed by atoms with Gasteiger partial charge in [-0.05, 0) is 143 Å². The van der Waals surface area contributed by atoms with E-state index < -0.39 is 17.8 Å². The van der Waals surface area contributed by atoms with Crippen molar-refractivity contribution < 1.29 is 29.2 Å². The van der Waals surface area contributed by atoms with Crippen LogP contribution in [-0.4, -0.2) is 89.9 Å². The Labute approximate surface area is 358 Å². The molecule has 2 heterocycles. The highest BCUT2D eigenvalue weighted by Gasteiger charge is 2.84. The Kier molecular flexibility index (Phi) is 15.8. The predicted molar refractivity (Wildman–Crippen MR) is 239 cm³/mol. The molecular weight excluding hydrogens is 723 g/mol. The van der Waals surface area contributed by atoms with Crippen molar-refractivity contribution in [2.24, 2.45) is 56.7 Å². The zero-order chi connectivity index (χ0) is 43.1. The minimum Gasteiger partial charge on any atom is -0.390 e. The van der Waals surface area contributed by atoms with Gasteiger partial charge in [0.1, 0.15) is 6.10 Å². The lowest BCUT2D eigenvalue weighted by molar-refractivity contribution is -0.251. The number of fused-ring (bicyclic) bond motifs is 4. The fourth-order valence-electron chi connectivity index (χ4n) is 16.1. The number of aliphatic hydroxyl groups is 2. The molecule has 15 atom stereocenters. The second-order valence-electron chi connectivity index (χ2n) is 21.5. The van der Waals surface area contributed by atoms with Gasteiger partial charge in [-0.2, -0.15) is 0 Å². The largest absolute Gasteiger partial charge is 0.390 e. The van der Waals surface area contributed by atoms with Crippen molar-refractivity contribution in [3.05, 3.63) is 0 Å². The van der Waals surface area contributed by atoms with Crippen LogP contribution in [0.3, 0.4) is 0 Å². The second kappa shape index (κ2) is 18.8. The van der Waals surface area contributed by atoms with Crippen LogP contribution in [0.2, 0.25) is 0 Å². The van der Waals surface area contributed by atoms with Crippen molar-refractivity contribution in [3.8, 4) is 0 Å². The summed E-state index contributed by atoms with van der Waals surface area (Å²) in [5.74, 6) is 2.68. The first-order valence-corrected chi connectivity index (χ1v) is 25.2. The van der Waals surface area contributed by atoms with Gasteiger partial charge in [0, 0.05) is 31.2 Å². The van der Waals surface area contributed by atoms with E-state index in [1.54, 1.807) is 0 Å². The van der Waals surface area contributed by atoms with Crippen LogP contribution >= 0.6 is 0 Å². The fraction of sp³-hybridized carbons (Fsp3) is 1.00. The first kappa shape index (κ1) is 48.7. The van der Waals surface area contributed by atoms with E-state index in [2.05, 4.69) is 46.4 Å². The summed E-state index contributed by atoms with van der Waals surface area (Å²) in [5.41, 5.74) is -0.412. The molecule has 0 radical (unpaired) electrons. The SMILES string of the molecule is CC.CC.CC.CCOC(C1CC(C)C2C(O1)C(O)C1(C)C3CCC4C(C)(C)C(OC5CN(C(C)C6CCCCCC6)CCO5)CCC45CC35CCC21C)C(C)(C)O. The molecule has 8 fully saturated rings. The minimum absolute atomic E-state index is 0.0256. The van der Waals surface area contributed by atoms with Crippen LogP contribution in [0.1, 0.15) is 194 Å². The molecule has 2 N–H and O–H groups in total. The average Bonchev–Trinajstić information content (AvgIpc) is 3.92. The molecule has 6 saturated carbocycles. The molecule has 0 aromatic heterocycles. The number of aliphatic hydroxyl groups excluding tert-OH is 1. The summed E-state index contributed by atoms with van der Waals surface area (Å²) >= 11 is 0. The lowest BCUT2D eigenvalue weighted by Gasteiger charge is -2.64. The molecule has 340 valence electrons. The van der Waals surface area contributed by atoms with Gasteiger partial charge in [-0.15, -0.1) is 0 Å². The van der Waals surface area contributed by atoms with E-state index >= 15 is 0 Å². The summed E-state index contributed by atoms with van der Waals surface area (Å²) in [4.78, 5) is 2.70. The zero-order valence-corrected chi connectivity index (χ0v) is 40.6. The first-order valence-electron chi connectivity index (χ1n) is 25.2. The number of morpholine rings is 1. The van der Waals surface area contributed by atoms with E-state index in [0.717, 1.165) is 38.5 Å². The number of hydrogen-bond acceptors (Lipinski definition) is 7. The third-order valence-electron chi connectivity index (χ3n) is 18.7. The van der Waals surface area contributed by atoms with Gasteiger partial charge in [-0.3, -0.25) is 4.90 Å². The highest BCUT2D eigenvalue weighted by molar-refractivity contribution is 5.33. The number of rotatable bonds is 8. The Hall–Kier alpha value is -0.280. The molecule has 7 heteroatoms. The van der Waals surface area contributed by atoms with Crippen LogP contribution in [-0.2, 0) is 18.9 Å². The maximum Gasteiger partial charge on any atom is 0.170 e. The van der Waals surface area contributed by atoms with Gasteiger partial charge < -0.3 is 29.2 Å². The molecule has 0 bridgehead atoms. The third kappa shape index (κ3) is 7.86. The molecule has 2 aliphatic heterocycles. The third-order valence-corrected chi connectivity index (χ3v) is 18.7. The average molecular weight is 818 g/mol. The van der Waals surface area contributed by atoms with E-state index in [-0.39, 0.29) is 40.8 Å². The van der Waals surface area contributed by atoms with Crippen LogP contribution in [0.4, 0.5) is 0 Å². The predicted octanol–water partition coefficient (Wildman–Crippen LogP) is 11.5. The van der Waals surface area contributed by atoms with E-state index in [9.17, 15) is 10.2 Å². The van der Waals surface area contributed by atoms with Gasteiger partial charge in [0.05, 0.1) is 36.6 Å². The monoisotopic (exact) mass is 818 g/mol. The Morgan fingerprint density at radius 2 is 1.47 bits per heavy atom. The van der Waals surface area contributed by atoms with Gasteiger partial charge in [0.2, 0.25) is 0 Å². The van der Waals surface area contributed by atoms with Gasteiger partial charge in [0.25, 0.3) is 0 Å². The summed E-state index contributed by atoms with van der Waals surface area (Å²) in [6.07, 6.45) is 16.6. The second-order valence-corrected chi connectivity index (χ2v) is 21.5. The van der Waals surface area contributed by atoms with Crippen LogP contribution < -0.4 is 0 Å². The molecule has 8 aliphatic rings. The quantitative estimate of drug-likeness (QED) is 0.236. The van der Waals surface area contributed by atoms with Gasteiger partial charge in [0.15, 0.2) is 6.29 Å². The number of ether oxygens (including phenoxy) is 4. The first-order chi connectivity index (χ1) is 27.5. The van der Waals surface area contributed by atoms with E-state index in [1.807, 2.05) is 62.3 Å². The van der Waals surface area contributed by atoms with Crippen molar-refractivity contribution in [2.45, 2.75) is 242 Å². The normalized spacial score (nSPS) is 45.6. The smallest absolute Gasteiger partial charge is 0.170 e. The molecule has 0 amide bonds. The Bertz CT molecular complexity index is 1290. The molecule has 2 spiro atoms. The topological polar surface area (TPSA) is 80.6 Å². The lowest BCUT2D eigenvalue weighted by Crippen LogP contribution is -2.60. The summed E-state index contributed by atoms with van der Waals surface area (Å²) in [6, 6.07) is 0.609. The Balaban J connectivity index is 0.00000102. The van der Waals surface area contributed by atoms with E-state index in [1.165, 1.54) is 77.0 Å². The van der Waals surface area contributed by atoms with Crippen molar-refractivity contribution in [3.63, 3.8) is 0 Å². The lowest BCUT2D eigenvalue weighted by atomic mass is 9.41. The maximum absolute atomic E-state index is 12.7. The van der Waals surface area contributed by atoms with Crippen molar-refractivity contribution >= 4 is 0 Å². The molecule has 6 aliphatic carbocycles. The molecule has 0 aromatic carbocycles. The molecule has 58 heavy (non-hydrogen) atoms. The van der Waals surface area contributed by atoms with Gasteiger partial charge >= 0.3 is 0 Å². The van der Waals surface area contributed by atoms with Crippen LogP contribution in [0.5, 0.6) is 0 Å². The highest BCUT2D eigenvalue weighted by atomic mass is 16.7.